The molecule has 3 nitrogen and oxygen atoms in total. The van der Waals surface area contributed by atoms with Crippen molar-refractivity contribution in [1.29, 1.82) is 0 Å². The van der Waals surface area contributed by atoms with Crippen LogP contribution in [0.25, 0.3) is 0 Å². The molecule has 0 saturated carbocycles. The molecule has 16 heavy (non-hydrogen) atoms. The lowest BCUT2D eigenvalue weighted by Gasteiger charge is -2.11. The normalized spacial score (nSPS) is 15.6. The van der Waals surface area contributed by atoms with Crippen LogP contribution in [-0.4, -0.2) is 22.5 Å². The van der Waals surface area contributed by atoms with Crippen molar-refractivity contribution in [3.05, 3.63) is 10.6 Å². The van der Waals surface area contributed by atoms with Crippen molar-refractivity contribution >= 4 is 42.6 Å². The molecule has 0 N–H and O–H groups in total. The van der Waals surface area contributed by atoms with Gasteiger partial charge in [0.05, 0.1) is 12.4 Å². The number of unbranched alkanes of at least 4 members (excludes halogenated alkanes) is 2. The third-order valence-electron chi connectivity index (χ3n) is 2.06. The van der Waals surface area contributed by atoms with Crippen molar-refractivity contribution in [3.8, 4) is 0 Å². The summed E-state index contributed by atoms with van der Waals surface area (Å²) in [6.07, 6.45) is 5.04. The summed E-state index contributed by atoms with van der Waals surface area (Å²) in [5, 5.41) is -0.340. The summed E-state index contributed by atoms with van der Waals surface area (Å²) < 4.78 is 16.3. The highest BCUT2D eigenvalue weighted by molar-refractivity contribution is 9.11. The number of hydrogen-bond donors (Lipinski definition) is 0. The van der Waals surface area contributed by atoms with E-state index in [0.29, 0.717) is 10.9 Å². The second-order valence-corrected chi connectivity index (χ2v) is 6.18. The van der Waals surface area contributed by atoms with Gasteiger partial charge in [-0.15, -0.1) is 0 Å². The minimum absolute atomic E-state index is 0.340. The summed E-state index contributed by atoms with van der Waals surface area (Å²) in [7, 11) is 5.38. The van der Waals surface area contributed by atoms with Gasteiger partial charge in [0.15, 0.2) is 0 Å². The first-order chi connectivity index (χ1) is 7.52. The van der Waals surface area contributed by atoms with E-state index < -0.39 is 16.0 Å². The van der Waals surface area contributed by atoms with E-state index in [1.807, 2.05) is 0 Å². The standard InChI is InChI=1S/C10H16BrClO3S/c1-3-4-5-6-9(16(12)14)8(11)7-10(13)15-2/h7,9H,3-6H2,1-2H3/b8-7-/t9-,16?/m0/s1. The van der Waals surface area contributed by atoms with Crippen LogP contribution in [0, 0.1) is 0 Å². The molecule has 0 aromatic heterocycles. The van der Waals surface area contributed by atoms with Gasteiger partial charge >= 0.3 is 5.97 Å². The topological polar surface area (TPSA) is 43.4 Å². The Labute approximate surface area is 112 Å². The maximum Gasteiger partial charge on any atom is 0.331 e. The Hall–Kier alpha value is 0.130. The van der Waals surface area contributed by atoms with Crippen LogP contribution in [0.2, 0.25) is 0 Å². The molecular weight excluding hydrogens is 316 g/mol. The molecule has 0 heterocycles. The van der Waals surface area contributed by atoms with E-state index in [9.17, 15) is 9.00 Å². The lowest BCUT2D eigenvalue weighted by molar-refractivity contribution is -0.134. The number of rotatable bonds is 7. The Bertz CT molecular complexity index is 281. The summed E-state index contributed by atoms with van der Waals surface area (Å²) in [4.78, 5) is 11.0. The summed E-state index contributed by atoms with van der Waals surface area (Å²) in [5.74, 6) is -0.477. The van der Waals surface area contributed by atoms with Crippen LogP contribution in [0.4, 0.5) is 0 Å². The molecule has 0 spiro atoms. The molecule has 0 aliphatic heterocycles. The van der Waals surface area contributed by atoms with E-state index >= 15 is 0 Å². The van der Waals surface area contributed by atoms with E-state index in [-0.39, 0.29) is 5.25 Å². The molecule has 0 saturated heterocycles. The van der Waals surface area contributed by atoms with Gasteiger partial charge in [-0.2, -0.15) is 0 Å². The maximum absolute atomic E-state index is 11.3. The highest BCUT2D eigenvalue weighted by atomic mass is 79.9. The molecule has 0 fully saturated rings. The number of hydrogen-bond acceptors (Lipinski definition) is 3. The van der Waals surface area contributed by atoms with Crippen LogP contribution in [-0.2, 0) is 19.5 Å². The van der Waals surface area contributed by atoms with E-state index in [1.54, 1.807) is 0 Å². The maximum atomic E-state index is 11.3. The van der Waals surface area contributed by atoms with Crippen molar-refractivity contribution in [1.82, 2.24) is 0 Å². The number of esters is 1. The molecule has 0 amide bonds. The highest BCUT2D eigenvalue weighted by Gasteiger charge is 2.19. The molecule has 94 valence electrons. The predicted octanol–water partition coefficient (Wildman–Crippen LogP) is 3.29. The Balaban J connectivity index is 4.46. The summed E-state index contributed by atoms with van der Waals surface area (Å²) in [6.45, 7) is 2.09. The quantitative estimate of drug-likeness (QED) is 0.311. The zero-order chi connectivity index (χ0) is 12.6. The second kappa shape index (κ2) is 9.19. The van der Waals surface area contributed by atoms with Crippen molar-refractivity contribution in [3.63, 3.8) is 0 Å². The van der Waals surface area contributed by atoms with Crippen LogP contribution >= 0.6 is 26.6 Å². The Morgan fingerprint density at radius 3 is 2.62 bits per heavy atom. The minimum Gasteiger partial charge on any atom is -0.466 e. The molecule has 0 radical (unpaired) electrons. The number of carbonyl (C=O) groups is 1. The van der Waals surface area contributed by atoms with Gasteiger partial charge < -0.3 is 4.74 Å². The fourth-order valence-corrected chi connectivity index (χ4v) is 3.56. The van der Waals surface area contributed by atoms with E-state index in [1.165, 1.54) is 13.2 Å². The minimum atomic E-state index is -1.51. The third-order valence-corrected chi connectivity index (χ3v) is 4.72. The summed E-state index contributed by atoms with van der Waals surface area (Å²) in [5.41, 5.74) is 0. The first-order valence-corrected chi connectivity index (χ1v) is 7.88. The molecule has 0 aliphatic rings. The first kappa shape index (κ1) is 16.1. The van der Waals surface area contributed by atoms with Crippen LogP contribution < -0.4 is 0 Å². The van der Waals surface area contributed by atoms with Crippen molar-refractivity contribution in [2.24, 2.45) is 0 Å². The third kappa shape index (κ3) is 6.66. The van der Waals surface area contributed by atoms with Crippen LogP contribution in [0.1, 0.15) is 32.6 Å². The van der Waals surface area contributed by atoms with Crippen LogP contribution in [0.15, 0.2) is 10.6 Å². The van der Waals surface area contributed by atoms with E-state index in [0.717, 1.165) is 19.3 Å². The van der Waals surface area contributed by atoms with Gasteiger partial charge in [-0.3, -0.25) is 0 Å². The molecule has 1 unspecified atom stereocenters. The van der Waals surface area contributed by atoms with Crippen molar-refractivity contribution in [2.45, 2.75) is 37.9 Å². The van der Waals surface area contributed by atoms with Crippen molar-refractivity contribution < 1.29 is 13.7 Å². The van der Waals surface area contributed by atoms with E-state index in [2.05, 4.69) is 27.6 Å². The highest BCUT2D eigenvalue weighted by Crippen LogP contribution is 2.24. The van der Waals surface area contributed by atoms with Gasteiger partial charge in [-0.05, 0) is 17.1 Å². The number of halogens is 2. The average molecular weight is 332 g/mol. The molecule has 0 aromatic carbocycles. The Kier molecular flexibility index (Phi) is 9.26. The fourth-order valence-electron chi connectivity index (χ4n) is 1.16. The SMILES string of the molecule is CCCCC[C@@H](/C(Br)=C/C(=O)OC)S(=O)Cl. The largest absolute Gasteiger partial charge is 0.466 e. The second-order valence-electron chi connectivity index (χ2n) is 3.29. The van der Waals surface area contributed by atoms with Crippen LogP contribution in [0.5, 0.6) is 0 Å². The summed E-state index contributed by atoms with van der Waals surface area (Å²) in [6, 6.07) is 0. The molecule has 0 rings (SSSR count). The lowest BCUT2D eigenvalue weighted by Crippen LogP contribution is -2.12. The van der Waals surface area contributed by atoms with Gasteiger partial charge in [0.1, 0.15) is 10.0 Å². The number of carbonyl (C=O) groups excluding carboxylic acids is 1. The Morgan fingerprint density at radius 2 is 2.19 bits per heavy atom. The molecule has 6 heteroatoms. The van der Waals surface area contributed by atoms with Gasteiger partial charge in [0.2, 0.25) is 0 Å². The number of ether oxygens (including phenoxy) is 1. The zero-order valence-electron chi connectivity index (χ0n) is 9.37. The van der Waals surface area contributed by atoms with E-state index in [4.69, 9.17) is 10.7 Å². The van der Waals surface area contributed by atoms with Crippen LogP contribution in [0.3, 0.4) is 0 Å². The average Bonchev–Trinajstić information content (AvgIpc) is 2.23. The van der Waals surface area contributed by atoms with Gasteiger partial charge in [0.25, 0.3) is 0 Å². The predicted molar refractivity (Wildman–Crippen MR) is 71.0 cm³/mol. The summed E-state index contributed by atoms with van der Waals surface area (Å²) >= 11 is 3.22. The smallest absolute Gasteiger partial charge is 0.331 e. The van der Waals surface area contributed by atoms with Gasteiger partial charge in [-0.25, -0.2) is 9.00 Å². The lowest BCUT2D eigenvalue weighted by atomic mass is 10.1. The molecular formula is C10H16BrClO3S. The fraction of sp³-hybridized carbons (Fsp3) is 0.700. The number of methoxy groups -OCH3 is 1. The molecule has 0 bridgehead atoms. The van der Waals surface area contributed by atoms with Crippen molar-refractivity contribution in [2.75, 3.05) is 7.11 Å². The monoisotopic (exact) mass is 330 g/mol. The molecule has 0 aliphatic carbocycles. The molecule has 2 atom stereocenters. The van der Waals surface area contributed by atoms with Gasteiger partial charge in [0, 0.05) is 10.6 Å². The zero-order valence-corrected chi connectivity index (χ0v) is 12.5. The first-order valence-electron chi connectivity index (χ1n) is 5.04. The molecule has 0 aromatic rings. The Morgan fingerprint density at radius 1 is 1.56 bits per heavy atom. The van der Waals surface area contributed by atoms with Gasteiger partial charge in [-0.1, -0.05) is 42.1 Å².